The molecule has 23 heavy (non-hydrogen) atoms. The molecule has 2 aromatic rings. The van der Waals surface area contributed by atoms with E-state index in [-0.39, 0.29) is 11.9 Å². The van der Waals surface area contributed by atoms with Crippen LogP contribution in [0.1, 0.15) is 22.3 Å². The lowest BCUT2D eigenvalue weighted by atomic mass is 10.0. The van der Waals surface area contributed by atoms with Crippen LogP contribution >= 0.6 is 0 Å². The van der Waals surface area contributed by atoms with Crippen molar-refractivity contribution in [2.24, 2.45) is 0 Å². The first-order valence-electron chi connectivity index (χ1n) is 7.91. The van der Waals surface area contributed by atoms with Gasteiger partial charge in [-0.25, -0.2) is 0 Å². The van der Waals surface area contributed by atoms with Crippen LogP contribution in [-0.4, -0.2) is 41.3 Å². The largest absolute Gasteiger partial charge is 0.391 e. The molecule has 1 aliphatic heterocycles. The first-order valence-corrected chi connectivity index (χ1v) is 7.91. The molecule has 0 spiro atoms. The maximum Gasteiger partial charge on any atom is 0.254 e. The van der Waals surface area contributed by atoms with Crippen molar-refractivity contribution in [3.8, 4) is 0 Å². The molecule has 2 atom stereocenters. The highest BCUT2D eigenvalue weighted by atomic mass is 16.5. The first-order chi connectivity index (χ1) is 11.3. The Morgan fingerprint density at radius 3 is 2.39 bits per heavy atom. The Labute approximate surface area is 136 Å². The summed E-state index contributed by atoms with van der Waals surface area (Å²) in [4.78, 5) is 14.7. The molecular formula is C19H21NO3. The van der Waals surface area contributed by atoms with Gasteiger partial charge in [0.2, 0.25) is 0 Å². The normalized spacial score (nSPS) is 20.9. The fourth-order valence-corrected chi connectivity index (χ4v) is 2.88. The average molecular weight is 311 g/mol. The van der Waals surface area contributed by atoms with Crippen molar-refractivity contribution in [1.82, 2.24) is 4.90 Å². The van der Waals surface area contributed by atoms with Crippen molar-refractivity contribution in [2.75, 3.05) is 13.2 Å². The number of benzene rings is 2. The van der Waals surface area contributed by atoms with Crippen molar-refractivity contribution < 1.29 is 14.6 Å². The summed E-state index contributed by atoms with van der Waals surface area (Å²) < 4.78 is 5.50. The number of amides is 1. The topological polar surface area (TPSA) is 49.8 Å². The van der Waals surface area contributed by atoms with Crippen molar-refractivity contribution >= 4 is 5.91 Å². The van der Waals surface area contributed by atoms with E-state index in [1.807, 2.05) is 48.5 Å². The molecule has 0 aromatic heterocycles. The monoisotopic (exact) mass is 311 g/mol. The summed E-state index contributed by atoms with van der Waals surface area (Å²) in [7, 11) is 0. The summed E-state index contributed by atoms with van der Waals surface area (Å²) in [5.41, 5.74) is 1.66. The zero-order chi connectivity index (χ0) is 16.1. The molecule has 2 aromatic carbocycles. The summed E-state index contributed by atoms with van der Waals surface area (Å²) in [5, 5.41) is 10.3. The quantitative estimate of drug-likeness (QED) is 0.944. The van der Waals surface area contributed by atoms with Gasteiger partial charge in [-0.1, -0.05) is 48.5 Å². The fourth-order valence-electron chi connectivity index (χ4n) is 2.88. The van der Waals surface area contributed by atoms with Crippen LogP contribution in [0.15, 0.2) is 60.7 Å². The van der Waals surface area contributed by atoms with E-state index in [1.165, 1.54) is 0 Å². The molecular weight excluding hydrogens is 290 g/mol. The van der Waals surface area contributed by atoms with Gasteiger partial charge in [0, 0.05) is 18.7 Å². The van der Waals surface area contributed by atoms with Crippen molar-refractivity contribution in [2.45, 2.75) is 25.1 Å². The Hall–Kier alpha value is -2.17. The van der Waals surface area contributed by atoms with Crippen molar-refractivity contribution in [1.29, 1.82) is 0 Å². The number of nitrogens with zero attached hydrogens (tertiary/aromatic N) is 1. The molecule has 0 aliphatic carbocycles. The molecule has 1 saturated heterocycles. The Balaban J connectivity index is 1.87. The van der Waals surface area contributed by atoms with Gasteiger partial charge in [-0.2, -0.15) is 0 Å². The summed E-state index contributed by atoms with van der Waals surface area (Å²) in [5.74, 6) is -0.0796. The second-order valence-corrected chi connectivity index (χ2v) is 5.78. The van der Waals surface area contributed by atoms with Gasteiger partial charge >= 0.3 is 0 Å². The predicted molar refractivity (Wildman–Crippen MR) is 88.0 cm³/mol. The number of hydrogen-bond acceptors (Lipinski definition) is 3. The minimum absolute atomic E-state index is 0.0796. The molecule has 0 bridgehead atoms. The maximum atomic E-state index is 13.0. The van der Waals surface area contributed by atoms with E-state index in [0.29, 0.717) is 31.7 Å². The third-order valence-electron chi connectivity index (χ3n) is 4.17. The summed E-state index contributed by atoms with van der Waals surface area (Å²) in [6.45, 7) is 1.36. The van der Waals surface area contributed by atoms with Gasteiger partial charge in [0.05, 0.1) is 18.8 Å². The van der Waals surface area contributed by atoms with Crippen LogP contribution in [0.5, 0.6) is 0 Å². The predicted octanol–water partition coefficient (Wildman–Crippen LogP) is 2.48. The van der Waals surface area contributed by atoms with Gasteiger partial charge in [0.25, 0.3) is 5.91 Å². The van der Waals surface area contributed by atoms with Crippen molar-refractivity contribution in [3.63, 3.8) is 0 Å². The molecule has 4 heteroatoms. The number of ether oxygens (including phenoxy) is 1. The molecule has 3 rings (SSSR count). The lowest BCUT2D eigenvalue weighted by Gasteiger charge is -2.37. The van der Waals surface area contributed by atoms with Crippen LogP contribution < -0.4 is 0 Å². The summed E-state index contributed by atoms with van der Waals surface area (Å²) >= 11 is 0. The Morgan fingerprint density at radius 1 is 1.09 bits per heavy atom. The van der Waals surface area contributed by atoms with Crippen LogP contribution in [0.3, 0.4) is 0 Å². The molecule has 0 saturated carbocycles. The minimum Gasteiger partial charge on any atom is -0.391 e. The number of hydrogen-bond donors (Lipinski definition) is 1. The lowest BCUT2D eigenvalue weighted by Crippen LogP contribution is -2.51. The van der Waals surface area contributed by atoms with E-state index in [0.717, 1.165) is 5.56 Å². The van der Waals surface area contributed by atoms with Crippen molar-refractivity contribution in [3.05, 3.63) is 71.8 Å². The van der Waals surface area contributed by atoms with E-state index in [4.69, 9.17) is 4.74 Å². The van der Waals surface area contributed by atoms with Crippen LogP contribution in [0, 0.1) is 0 Å². The Kier molecular flexibility index (Phi) is 5.05. The van der Waals surface area contributed by atoms with Crippen LogP contribution in [0.2, 0.25) is 0 Å². The molecule has 0 radical (unpaired) electrons. The third-order valence-corrected chi connectivity index (χ3v) is 4.17. The average Bonchev–Trinajstić information content (AvgIpc) is 2.61. The number of carbonyl (C=O) groups excluding carboxylic acids is 1. The number of aliphatic hydroxyl groups is 1. The van der Waals surface area contributed by atoms with Crippen LogP contribution in [-0.2, 0) is 11.3 Å². The molecule has 1 amide bonds. The number of rotatable bonds is 4. The van der Waals surface area contributed by atoms with Gasteiger partial charge in [-0.05, 0) is 24.1 Å². The van der Waals surface area contributed by atoms with Crippen LogP contribution in [0.25, 0.3) is 0 Å². The van der Waals surface area contributed by atoms with Gasteiger partial charge in [0.15, 0.2) is 0 Å². The highest BCUT2D eigenvalue weighted by molar-refractivity contribution is 5.94. The highest BCUT2D eigenvalue weighted by Gasteiger charge is 2.33. The maximum absolute atomic E-state index is 13.0. The second kappa shape index (κ2) is 7.40. The fraction of sp³-hybridized carbons (Fsp3) is 0.316. The van der Waals surface area contributed by atoms with E-state index < -0.39 is 6.10 Å². The van der Waals surface area contributed by atoms with Gasteiger partial charge in [0.1, 0.15) is 0 Å². The van der Waals surface area contributed by atoms with E-state index in [2.05, 4.69) is 0 Å². The van der Waals surface area contributed by atoms with Gasteiger partial charge in [-0.3, -0.25) is 4.79 Å². The Bertz CT molecular complexity index is 630. The van der Waals surface area contributed by atoms with Gasteiger partial charge < -0.3 is 14.7 Å². The lowest BCUT2D eigenvalue weighted by molar-refractivity contribution is -0.0549. The smallest absolute Gasteiger partial charge is 0.254 e. The highest BCUT2D eigenvalue weighted by Crippen LogP contribution is 2.20. The molecule has 4 nitrogen and oxygen atoms in total. The first kappa shape index (κ1) is 15.7. The SMILES string of the molecule is O=C(c1ccccc1)N(Cc1ccccc1)[C@H]1COCC[C@@H]1O. The van der Waals surface area contributed by atoms with E-state index >= 15 is 0 Å². The molecule has 1 aliphatic rings. The standard InChI is InChI=1S/C19H21NO3/c21-18-11-12-23-14-17(18)20(13-15-7-3-1-4-8-15)19(22)16-9-5-2-6-10-16/h1-10,17-18,21H,11-14H2/t17-,18-/m0/s1. The Morgan fingerprint density at radius 2 is 1.74 bits per heavy atom. The summed E-state index contributed by atoms with van der Waals surface area (Å²) in [6.07, 6.45) is -0.00184. The second-order valence-electron chi connectivity index (χ2n) is 5.78. The zero-order valence-corrected chi connectivity index (χ0v) is 13.0. The van der Waals surface area contributed by atoms with Crippen LogP contribution in [0.4, 0.5) is 0 Å². The molecule has 1 heterocycles. The summed E-state index contributed by atoms with van der Waals surface area (Å²) in [6, 6.07) is 18.7. The van der Waals surface area contributed by atoms with E-state index in [9.17, 15) is 9.90 Å². The zero-order valence-electron chi connectivity index (χ0n) is 13.0. The van der Waals surface area contributed by atoms with Gasteiger partial charge in [-0.15, -0.1) is 0 Å². The molecule has 1 fully saturated rings. The van der Waals surface area contributed by atoms with E-state index in [1.54, 1.807) is 17.0 Å². The molecule has 120 valence electrons. The number of carbonyl (C=O) groups is 1. The minimum atomic E-state index is -0.555. The third kappa shape index (κ3) is 3.78. The number of aliphatic hydroxyl groups excluding tert-OH is 1. The molecule has 1 N–H and O–H groups in total. The molecule has 0 unspecified atom stereocenters.